The first-order valence-corrected chi connectivity index (χ1v) is 7.15. The minimum Gasteiger partial charge on any atom is -0.492 e. The number of nitriles is 1. The molecule has 1 aromatic carbocycles. The van der Waals surface area contributed by atoms with E-state index in [1.807, 2.05) is 12.1 Å². The SMILES string of the molecule is COC[C@@H]1C[C@@H](OC)CN1CCOc1cccc(C#N)c1. The van der Waals surface area contributed by atoms with Crippen LogP contribution in [0.5, 0.6) is 5.75 Å². The topological polar surface area (TPSA) is 54.7 Å². The van der Waals surface area contributed by atoms with Crippen LogP contribution in [0.1, 0.15) is 12.0 Å². The molecule has 2 atom stereocenters. The monoisotopic (exact) mass is 290 g/mol. The molecular formula is C16H22N2O3. The first-order chi connectivity index (χ1) is 10.3. The third kappa shape index (κ3) is 4.43. The highest BCUT2D eigenvalue weighted by Gasteiger charge is 2.31. The Balaban J connectivity index is 1.82. The van der Waals surface area contributed by atoms with E-state index >= 15 is 0 Å². The molecule has 0 N–H and O–H groups in total. The summed E-state index contributed by atoms with van der Waals surface area (Å²) in [7, 11) is 3.48. The lowest BCUT2D eigenvalue weighted by atomic mass is 10.2. The van der Waals surface area contributed by atoms with Gasteiger partial charge in [0.2, 0.25) is 0 Å². The van der Waals surface area contributed by atoms with Gasteiger partial charge in [-0.1, -0.05) is 6.07 Å². The second-order valence-corrected chi connectivity index (χ2v) is 5.19. The molecule has 5 nitrogen and oxygen atoms in total. The van der Waals surface area contributed by atoms with Crippen LogP contribution in [-0.2, 0) is 9.47 Å². The molecule has 21 heavy (non-hydrogen) atoms. The van der Waals surface area contributed by atoms with Crippen LogP contribution in [0.2, 0.25) is 0 Å². The molecule has 5 heteroatoms. The Morgan fingerprint density at radius 1 is 1.38 bits per heavy atom. The zero-order valence-corrected chi connectivity index (χ0v) is 12.6. The summed E-state index contributed by atoms with van der Waals surface area (Å²) in [6, 6.07) is 9.73. The van der Waals surface area contributed by atoms with E-state index in [0.717, 1.165) is 25.3 Å². The van der Waals surface area contributed by atoms with Crippen molar-refractivity contribution in [3.63, 3.8) is 0 Å². The van der Waals surface area contributed by atoms with Gasteiger partial charge >= 0.3 is 0 Å². The molecule has 1 fully saturated rings. The molecule has 0 radical (unpaired) electrons. The van der Waals surface area contributed by atoms with Crippen LogP contribution in [0.25, 0.3) is 0 Å². The van der Waals surface area contributed by atoms with Crippen LogP contribution in [0.4, 0.5) is 0 Å². The van der Waals surface area contributed by atoms with Gasteiger partial charge in [0, 0.05) is 33.4 Å². The Morgan fingerprint density at radius 3 is 2.95 bits per heavy atom. The second-order valence-electron chi connectivity index (χ2n) is 5.19. The number of rotatable bonds is 7. The summed E-state index contributed by atoms with van der Waals surface area (Å²) in [5.74, 6) is 0.736. The molecule has 0 amide bonds. The molecule has 1 heterocycles. The summed E-state index contributed by atoms with van der Waals surface area (Å²) in [5.41, 5.74) is 0.616. The third-order valence-corrected chi connectivity index (χ3v) is 3.79. The van der Waals surface area contributed by atoms with E-state index in [0.29, 0.717) is 24.8 Å². The highest BCUT2D eigenvalue weighted by molar-refractivity contribution is 5.36. The zero-order chi connectivity index (χ0) is 15.1. The lowest BCUT2D eigenvalue weighted by Crippen LogP contribution is -2.36. The molecule has 114 valence electrons. The molecule has 1 aliphatic heterocycles. The maximum Gasteiger partial charge on any atom is 0.120 e. The molecule has 0 bridgehead atoms. The van der Waals surface area contributed by atoms with E-state index < -0.39 is 0 Å². The van der Waals surface area contributed by atoms with Crippen molar-refractivity contribution in [3.8, 4) is 11.8 Å². The molecule has 1 saturated heterocycles. The average Bonchev–Trinajstić information content (AvgIpc) is 2.90. The van der Waals surface area contributed by atoms with Crippen LogP contribution >= 0.6 is 0 Å². The minimum atomic E-state index is 0.270. The maximum absolute atomic E-state index is 8.87. The van der Waals surface area contributed by atoms with E-state index in [4.69, 9.17) is 19.5 Å². The number of likely N-dealkylation sites (tertiary alicyclic amines) is 1. The molecule has 0 aromatic heterocycles. The molecular weight excluding hydrogens is 268 g/mol. The Kier molecular flexibility index (Phi) is 6.00. The fraction of sp³-hybridized carbons (Fsp3) is 0.562. The summed E-state index contributed by atoms with van der Waals surface area (Å²) in [4.78, 5) is 2.34. The molecule has 0 unspecified atom stereocenters. The van der Waals surface area contributed by atoms with Gasteiger partial charge in [0.25, 0.3) is 0 Å². The summed E-state index contributed by atoms with van der Waals surface area (Å²) in [6.07, 6.45) is 1.26. The second kappa shape index (κ2) is 7.99. The van der Waals surface area contributed by atoms with E-state index in [2.05, 4.69) is 11.0 Å². The standard InChI is InChI=1S/C16H22N2O3/c1-19-12-14-9-16(20-2)11-18(14)6-7-21-15-5-3-4-13(8-15)10-17/h3-5,8,14,16H,6-7,9,11-12H2,1-2H3/t14-,16+/m0/s1. The minimum absolute atomic E-state index is 0.270. The fourth-order valence-electron chi connectivity index (χ4n) is 2.68. The van der Waals surface area contributed by atoms with Crippen LogP contribution in [-0.4, -0.2) is 57.6 Å². The van der Waals surface area contributed by atoms with Crippen molar-refractivity contribution in [3.05, 3.63) is 29.8 Å². The summed E-state index contributed by atoms with van der Waals surface area (Å²) in [6.45, 7) is 3.03. The quantitative estimate of drug-likeness (QED) is 0.764. The maximum atomic E-state index is 8.87. The number of hydrogen-bond donors (Lipinski definition) is 0. The first kappa shape index (κ1) is 15.8. The Bertz CT molecular complexity index is 487. The van der Waals surface area contributed by atoms with Gasteiger partial charge < -0.3 is 14.2 Å². The summed E-state index contributed by atoms with van der Waals surface area (Å²) < 4.78 is 16.4. The van der Waals surface area contributed by atoms with Crippen molar-refractivity contribution >= 4 is 0 Å². The number of hydrogen-bond acceptors (Lipinski definition) is 5. The van der Waals surface area contributed by atoms with Crippen molar-refractivity contribution in [2.75, 3.05) is 40.5 Å². The molecule has 1 aromatic rings. The van der Waals surface area contributed by atoms with Crippen molar-refractivity contribution < 1.29 is 14.2 Å². The van der Waals surface area contributed by atoms with E-state index in [1.54, 1.807) is 26.4 Å². The van der Waals surface area contributed by atoms with Crippen molar-refractivity contribution in [1.82, 2.24) is 4.90 Å². The molecule has 0 spiro atoms. The van der Waals surface area contributed by atoms with Gasteiger partial charge in [-0.25, -0.2) is 0 Å². The molecule has 1 aliphatic rings. The van der Waals surface area contributed by atoms with Crippen LogP contribution in [0.3, 0.4) is 0 Å². The Morgan fingerprint density at radius 2 is 2.24 bits per heavy atom. The third-order valence-electron chi connectivity index (χ3n) is 3.79. The number of benzene rings is 1. The van der Waals surface area contributed by atoms with Crippen LogP contribution in [0.15, 0.2) is 24.3 Å². The fourth-order valence-corrected chi connectivity index (χ4v) is 2.68. The van der Waals surface area contributed by atoms with E-state index in [-0.39, 0.29) is 6.10 Å². The van der Waals surface area contributed by atoms with Crippen LogP contribution in [0, 0.1) is 11.3 Å². The van der Waals surface area contributed by atoms with E-state index in [1.165, 1.54) is 0 Å². The van der Waals surface area contributed by atoms with Gasteiger partial charge in [0.05, 0.1) is 24.3 Å². The van der Waals surface area contributed by atoms with Crippen molar-refractivity contribution in [1.29, 1.82) is 5.26 Å². The first-order valence-electron chi connectivity index (χ1n) is 7.15. The van der Waals surface area contributed by atoms with Gasteiger partial charge in [-0.3, -0.25) is 4.90 Å². The van der Waals surface area contributed by atoms with Gasteiger partial charge in [-0.05, 0) is 24.6 Å². The van der Waals surface area contributed by atoms with Crippen molar-refractivity contribution in [2.45, 2.75) is 18.6 Å². The number of nitrogens with zero attached hydrogens (tertiary/aromatic N) is 2. The molecule has 0 saturated carbocycles. The summed E-state index contributed by atoms with van der Waals surface area (Å²) >= 11 is 0. The highest BCUT2D eigenvalue weighted by atomic mass is 16.5. The van der Waals surface area contributed by atoms with Gasteiger partial charge in [-0.2, -0.15) is 5.26 Å². The highest BCUT2D eigenvalue weighted by Crippen LogP contribution is 2.20. The predicted molar refractivity (Wildman–Crippen MR) is 79.3 cm³/mol. The largest absolute Gasteiger partial charge is 0.492 e. The lowest BCUT2D eigenvalue weighted by molar-refractivity contribution is 0.101. The van der Waals surface area contributed by atoms with Crippen LogP contribution < -0.4 is 4.74 Å². The van der Waals surface area contributed by atoms with Gasteiger partial charge in [0.1, 0.15) is 12.4 Å². The molecule has 2 rings (SSSR count). The lowest BCUT2D eigenvalue weighted by Gasteiger charge is -2.23. The number of methoxy groups -OCH3 is 2. The normalized spacial score (nSPS) is 22.1. The van der Waals surface area contributed by atoms with Gasteiger partial charge in [0.15, 0.2) is 0 Å². The zero-order valence-electron chi connectivity index (χ0n) is 12.6. The Hall–Kier alpha value is -1.61. The van der Waals surface area contributed by atoms with Crippen molar-refractivity contribution in [2.24, 2.45) is 0 Å². The average molecular weight is 290 g/mol. The van der Waals surface area contributed by atoms with E-state index in [9.17, 15) is 0 Å². The summed E-state index contributed by atoms with van der Waals surface area (Å²) in [5, 5.41) is 8.87. The number of ether oxygens (including phenoxy) is 3. The van der Waals surface area contributed by atoms with Gasteiger partial charge in [-0.15, -0.1) is 0 Å². The predicted octanol–water partition coefficient (Wildman–Crippen LogP) is 1.67. The molecule has 0 aliphatic carbocycles. The Labute approximate surface area is 126 Å². The smallest absolute Gasteiger partial charge is 0.120 e.